The fourth-order valence-corrected chi connectivity index (χ4v) is 6.27. The van der Waals surface area contributed by atoms with Crippen LogP contribution in [0.5, 0.6) is 0 Å². The van der Waals surface area contributed by atoms with Gasteiger partial charge in [0.05, 0.1) is 6.54 Å². The van der Waals surface area contributed by atoms with Gasteiger partial charge in [-0.2, -0.15) is 0 Å². The summed E-state index contributed by atoms with van der Waals surface area (Å²) in [5, 5.41) is 7.96. The number of nitrogens with one attached hydrogen (secondary N) is 3. The van der Waals surface area contributed by atoms with Crippen molar-refractivity contribution in [1.82, 2.24) is 10.6 Å². The molecule has 0 radical (unpaired) electrons. The van der Waals surface area contributed by atoms with Crippen LogP contribution in [0.25, 0.3) is 0 Å². The van der Waals surface area contributed by atoms with Crippen molar-refractivity contribution in [2.24, 2.45) is 29.1 Å². The van der Waals surface area contributed by atoms with Crippen molar-refractivity contribution in [2.75, 3.05) is 11.9 Å². The average molecular weight is 448 g/mol. The molecule has 4 fully saturated rings. The van der Waals surface area contributed by atoms with Crippen LogP contribution in [-0.2, 0) is 14.4 Å². The molecule has 4 bridgehead atoms. The van der Waals surface area contributed by atoms with Gasteiger partial charge in [-0.3, -0.25) is 14.4 Å². The second-order valence-corrected chi connectivity index (χ2v) is 10.3. The molecule has 1 aromatic carbocycles. The Labute approximate surface area is 186 Å². The largest absolute Gasteiger partial charge is 0.345 e. The number of anilines is 1. The van der Waals surface area contributed by atoms with Gasteiger partial charge < -0.3 is 16.0 Å². The summed E-state index contributed by atoms with van der Waals surface area (Å²) in [6.45, 7) is 3.37. The van der Waals surface area contributed by atoms with Crippen molar-refractivity contribution in [1.29, 1.82) is 0 Å². The number of rotatable bonds is 7. The maximum Gasteiger partial charge on any atom is 0.243 e. The molecule has 1 aromatic rings. The van der Waals surface area contributed by atoms with Crippen LogP contribution in [0, 0.1) is 40.7 Å². The molecule has 174 valence electrons. The molecule has 5 rings (SSSR count). The highest BCUT2D eigenvalue weighted by atomic mass is 19.2. The molecular formula is C24H31F2N3O3. The highest BCUT2D eigenvalue weighted by molar-refractivity contribution is 5.96. The van der Waals surface area contributed by atoms with Crippen molar-refractivity contribution < 1.29 is 23.2 Å². The average Bonchev–Trinajstić information content (AvgIpc) is 2.71. The predicted octanol–water partition coefficient (Wildman–Crippen LogP) is 3.38. The van der Waals surface area contributed by atoms with Gasteiger partial charge in [-0.05, 0) is 74.3 Å². The van der Waals surface area contributed by atoms with Crippen molar-refractivity contribution in [3.05, 3.63) is 29.8 Å². The van der Waals surface area contributed by atoms with E-state index in [0.717, 1.165) is 31.4 Å². The van der Waals surface area contributed by atoms with Crippen molar-refractivity contribution in [3.63, 3.8) is 0 Å². The van der Waals surface area contributed by atoms with E-state index in [1.54, 1.807) is 0 Å². The summed E-state index contributed by atoms with van der Waals surface area (Å²) >= 11 is 0. The van der Waals surface area contributed by atoms with Crippen molar-refractivity contribution in [2.45, 2.75) is 58.4 Å². The predicted molar refractivity (Wildman–Crippen MR) is 115 cm³/mol. The second kappa shape index (κ2) is 8.79. The van der Waals surface area contributed by atoms with Gasteiger partial charge in [0.15, 0.2) is 11.6 Å². The lowest BCUT2D eigenvalue weighted by Crippen LogP contribution is -2.58. The van der Waals surface area contributed by atoms with Crippen LogP contribution in [0.4, 0.5) is 14.5 Å². The molecule has 0 aliphatic heterocycles. The number of amides is 3. The van der Waals surface area contributed by atoms with Crippen molar-refractivity contribution in [3.8, 4) is 0 Å². The van der Waals surface area contributed by atoms with E-state index in [1.165, 1.54) is 25.3 Å². The zero-order chi connectivity index (χ0) is 23.0. The summed E-state index contributed by atoms with van der Waals surface area (Å²) in [6, 6.07) is 2.28. The van der Waals surface area contributed by atoms with Gasteiger partial charge in [0.2, 0.25) is 17.7 Å². The lowest BCUT2D eigenvalue weighted by molar-refractivity contribution is -0.149. The van der Waals surface area contributed by atoms with Crippen LogP contribution in [-0.4, -0.2) is 30.3 Å². The van der Waals surface area contributed by atoms with E-state index < -0.39 is 29.5 Å². The molecule has 6 nitrogen and oxygen atoms in total. The molecular weight excluding hydrogens is 416 g/mol. The highest BCUT2D eigenvalue weighted by Crippen LogP contribution is 2.60. The quantitative estimate of drug-likeness (QED) is 0.599. The minimum Gasteiger partial charge on any atom is -0.345 e. The van der Waals surface area contributed by atoms with Crippen molar-refractivity contribution >= 4 is 23.4 Å². The number of carbonyl (C=O) groups is 3. The molecule has 0 unspecified atom stereocenters. The van der Waals surface area contributed by atoms with E-state index >= 15 is 0 Å². The lowest BCUT2D eigenvalue weighted by atomic mass is 9.49. The van der Waals surface area contributed by atoms with E-state index in [-0.39, 0.29) is 29.5 Å². The molecule has 0 heterocycles. The first-order chi connectivity index (χ1) is 15.1. The first kappa shape index (κ1) is 22.7. The normalized spacial score (nSPS) is 29.0. The van der Waals surface area contributed by atoms with Crippen LogP contribution in [0.1, 0.15) is 52.4 Å². The molecule has 1 atom stereocenters. The van der Waals surface area contributed by atoms with Crippen LogP contribution >= 0.6 is 0 Å². The first-order valence-corrected chi connectivity index (χ1v) is 11.5. The minimum atomic E-state index is -1.07. The first-order valence-electron chi connectivity index (χ1n) is 11.5. The number of hydrogen-bond acceptors (Lipinski definition) is 3. The Kier molecular flexibility index (Phi) is 6.23. The van der Waals surface area contributed by atoms with Gasteiger partial charge in [0, 0.05) is 17.2 Å². The number of hydrogen-bond donors (Lipinski definition) is 3. The Balaban J connectivity index is 1.33. The minimum absolute atomic E-state index is 0.0308. The van der Waals surface area contributed by atoms with Crippen LogP contribution in [0.2, 0.25) is 0 Å². The van der Waals surface area contributed by atoms with Crippen LogP contribution in [0.15, 0.2) is 18.2 Å². The Bertz CT molecular complexity index is 882. The maximum absolute atomic E-state index is 13.3. The monoisotopic (exact) mass is 447 g/mol. The number of carbonyl (C=O) groups excluding carboxylic acids is 3. The van der Waals surface area contributed by atoms with Gasteiger partial charge in [-0.15, -0.1) is 0 Å². The fourth-order valence-electron chi connectivity index (χ4n) is 6.27. The van der Waals surface area contributed by atoms with Gasteiger partial charge in [0.1, 0.15) is 6.04 Å². The van der Waals surface area contributed by atoms with Gasteiger partial charge in [-0.25, -0.2) is 8.78 Å². The van der Waals surface area contributed by atoms with E-state index in [2.05, 4.69) is 16.0 Å². The summed E-state index contributed by atoms with van der Waals surface area (Å²) < 4.78 is 26.3. The summed E-state index contributed by atoms with van der Waals surface area (Å²) in [5.41, 5.74) is -0.259. The number of benzene rings is 1. The molecule has 4 aliphatic rings. The molecule has 0 spiro atoms. The van der Waals surface area contributed by atoms with E-state index in [4.69, 9.17) is 0 Å². The van der Waals surface area contributed by atoms with Crippen LogP contribution < -0.4 is 16.0 Å². The van der Waals surface area contributed by atoms with Gasteiger partial charge in [-0.1, -0.05) is 13.8 Å². The van der Waals surface area contributed by atoms with Gasteiger partial charge in [0.25, 0.3) is 0 Å². The molecule has 0 aromatic heterocycles. The molecule has 3 amide bonds. The zero-order valence-electron chi connectivity index (χ0n) is 18.5. The molecule has 8 heteroatoms. The smallest absolute Gasteiger partial charge is 0.243 e. The topological polar surface area (TPSA) is 87.3 Å². The Morgan fingerprint density at radius 1 is 1.00 bits per heavy atom. The fraction of sp³-hybridized carbons (Fsp3) is 0.625. The zero-order valence-corrected chi connectivity index (χ0v) is 18.5. The Hall–Kier alpha value is -2.51. The van der Waals surface area contributed by atoms with Crippen LogP contribution in [0.3, 0.4) is 0 Å². The molecule has 0 saturated heterocycles. The molecule has 32 heavy (non-hydrogen) atoms. The Morgan fingerprint density at radius 3 is 2.12 bits per heavy atom. The van der Waals surface area contributed by atoms with E-state index in [0.29, 0.717) is 17.8 Å². The summed E-state index contributed by atoms with van der Waals surface area (Å²) in [4.78, 5) is 38.2. The third-order valence-electron chi connectivity index (χ3n) is 7.38. The second-order valence-electron chi connectivity index (χ2n) is 10.3. The standard InChI is InChI=1S/C24H31F2N3O3/c1-13(2)21(22(31)27-12-20(30)28-17-3-4-18(25)19(26)8-17)29-23(32)24-9-14-5-15(10-24)7-16(6-14)11-24/h3-4,8,13-16,21H,5-7,9-12H2,1-2H3,(H,27,31)(H,28,30)(H,29,32)/t14?,15?,16?,21-,24?/m1/s1. The van der Waals surface area contributed by atoms with E-state index in [9.17, 15) is 23.2 Å². The third-order valence-corrected chi connectivity index (χ3v) is 7.38. The summed E-state index contributed by atoms with van der Waals surface area (Å²) in [7, 11) is 0. The molecule has 4 aliphatic carbocycles. The number of halogens is 2. The third kappa shape index (κ3) is 4.64. The highest BCUT2D eigenvalue weighted by Gasteiger charge is 2.55. The molecule has 4 saturated carbocycles. The molecule has 3 N–H and O–H groups in total. The van der Waals surface area contributed by atoms with E-state index in [1.807, 2.05) is 13.8 Å². The maximum atomic E-state index is 13.3. The SMILES string of the molecule is CC(C)[C@@H](NC(=O)C12CC3CC(CC(C3)C1)C2)C(=O)NCC(=O)Nc1ccc(F)c(F)c1. The summed E-state index contributed by atoms with van der Waals surface area (Å²) in [5.74, 6) is -1.39. The Morgan fingerprint density at radius 2 is 1.59 bits per heavy atom. The lowest BCUT2D eigenvalue weighted by Gasteiger charge is -2.55. The summed E-state index contributed by atoms with van der Waals surface area (Å²) in [6.07, 6.45) is 6.42. The van der Waals surface area contributed by atoms with Gasteiger partial charge >= 0.3 is 0 Å².